The molecule has 1 aliphatic rings. The number of carbonyl (C=O) groups excluding carboxylic acids is 1. The van der Waals surface area contributed by atoms with Gasteiger partial charge in [-0.25, -0.2) is 4.99 Å². The summed E-state index contributed by atoms with van der Waals surface area (Å²) in [4.78, 5) is 17.6. The first-order chi connectivity index (χ1) is 15.1. The SMILES string of the molecule is COc1ccc(N=c2oc3ccc(Cl)cc3cc2C(=O)NC[C@H]2CCCO2)cc1OC. The molecule has 8 heteroatoms. The minimum atomic E-state index is -0.291. The monoisotopic (exact) mass is 442 g/mol. The van der Waals surface area contributed by atoms with Gasteiger partial charge in [-0.05, 0) is 49.2 Å². The smallest absolute Gasteiger partial charge is 0.256 e. The molecule has 2 heterocycles. The number of carbonyl (C=O) groups is 1. The van der Waals surface area contributed by atoms with Crippen molar-refractivity contribution in [1.82, 2.24) is 5.32 Å². The van der Waals surface area contributed by atoms with E-state index < -0.39 is 0 Å². The fourth-order valence-electron chi connectivity index (χ4n) is 3.47. The van der Waals surface area contributed by atoms with Crippen LogP contribution in [0.2, 0.25) is 5.02 Å². The van der Waals surface area contributed by atoms with Gasteiger partial charge < -0.3 is 23.9 Å². The second-order valence-corrected chi connectivity index (χ2v) is 7.58. The summed E-state index contributed by atoms with van der Waals surface area (Å²) in [6, 6.07) is 12.2. The van der Waals surface area contributed by atoms with E-state index in [1.165, 1.54) is 0 Å². The lowest BCUT2D eigenvalue weighted by molar-refractivity contribution is 0.0854. The van der Waals surface area contributed by atoms with Gasteiger partial charge in [0, 0.05) is 29.6 Å². The average molecular weight is 443 g/mol. The lowest BCUT2D eigenvalue weighted by Crippen LogP contribution is -2.34. The Balaban J connectivity index is 1.76. The predicted octanol–water partition coefficient (Wildman–Crippen LogP) is 4.24. The Labute approximate surface area is 184 Å². The number of benzene rings is 2. The van der Waals surface area contributed by atoms with Gasteiger partial charge >= 0.3 is 0 Å². The molecule has 1 N–H and O–H groups in total. The van der Waals surface area contributed by atoms with Crippen molar-refractivity contribution in [3.05, 3.63) is 58.6 Å². The fourth-order valence-corrected chi connectivity index (χ4v) is 3.65. The molecular formula is C23H23ClN2O5. The average Bonchev–Trinajstić information content (AvgIpc) is 3.30. The molecule has 1 aromatic heterocycles. The van der Waals surface area contributed by atoms with Gasteiger partial charge in [-0.2, -0.15) is 0 Å². The molecule has 162 valence electrons. The number of fused-ring (bicyclic) bond motifs is 1. The molecule has 3 aromatic rings. The van der Waals surface area contributed by atoms with E-state index in [0.717, 1.165) is 19.4 Å². The summed E-state index contributed by atoms with van der Waals surface area (Å²) in [7, 11) is 3.12. The van der Waals surface area contributed by atoms with E-state index in [4.69, 9.17) is 30.2 Å². The molecule has 2 aromatic carbocycles. The van der Waals surface area contributed by atoms with Crippen LogP contribution < -0.4 is 20.3 Å². The summed E-state index contributed by atoms with van der Waals surface area (Å²) in [6.45, 7) is 1.16. The van der Waals surface area contributed by atoms with Crippen LogP contribution in [0.4, 0.5) is 5.69 Å². The molecule has 0 saturated carbocycles. The van der Waals surface area contributed by atoms with Crippen LogP contribution in [0, 0.1) is 0 Å². The summed E-state index contributed by atoms with van der Waals surface area (Å²) in [5.41, 5.74) is 1.62. The van der Waals surface area contributed by atoms with Crippen molar-refractivity contribution in [2.24, 2.45) is 4.99 Å². The second-order valence-electron chi connectivity index (χ2n) is 7.14. The maximum atomic E-state index is 13.0. The van der Waals surface area contributed by atoms with Crippen LogP contribution in [0.5, 0.6) is 11.5 Å². The number of rotatable bonds is 6. The summed E-state index contributed by atoms with van der Waals surface area (Å²) >= 11 is 6.12. The van der Waals surface area contributed by atoms with Gasteiger partial charge in [0.05, 0.1) is 26.0 Å². The molecule has 1 saturated heterocycles. The molecule has 0 unspecified atom stereocenters. The highest BCUT2D eigenvalue weighted by molar-refractivity contribution is 6.31. The number of hydrogen-bond donors (Lipinski definition) is 1. The zero-order valence-electron chi connectivity index (χ0n) is 17.3. The van der Waals surface area contributed by atoms with Crippen LogP contribution >= 0.6 is 11.6 Å². The molecule has 0 radical (unpaired) electrons. The van der Waals surface area contributed by atoms with E-state index in [9.17, 15) is 4.79 Å². The van der Waals surface area contributed by atoms with E-state index in [0.29, 0.717) is 45.3 Å². The van der Waals surface area contributed by atoms with Crippen molar-refractivity contribution in [3.63, 3.8) is 0 Å². The van der Waals surface area contributed by atoms with Crippen LogP contribution in [0.1, 0.15) is 23.2 Å². The minimum absolute atomic E-state index is 0.0297. The predicted molar refractivity (Wildman–Crippen MR) is 117 cm³/mol. The van der Waals surface area contributed by atoms with E-state index in [1.807, 2.05) is 0 Å². The van der Waals surface area contributed by atoms with Crippen LogP contribution in [0.25, 0.3) is 11.0 Å². The Morgan fingerprint density at radius 1 is 1.16 bits per heavy atom. The Morgan fingerprint density at radius 3 is 2.74 bits per heavy atom. The molecule has 0 bridgehead atoms. The van der Waals surface area contributed by atoms with E-state index >= 15 is 0 Å². The number of methoxy groups -OCH3 is 2. The highest BCUT2D eigenvalue weighted by Gasteiger charge is 2.19. The van der Waals surface area contributed by atoms with Gasteiger partial charge in [0.1, 0.15) is 11.1 Å². The minimum Gasteiger partial charge on any atom is -0.493 e. The first kappa shape index (κ1) is 21.2. The van der Waals surface area contributed by atoms with Crippen molar-refractivity contribution in [2.75, 3.05) is 27.4 Å². The topological polar surface area (TPSA) is 82.3 Å². The highest BCUT2D eigenvalue weighted by Crippen LogP contribution is 2.31. The van der Waals surface area contributed by atoms with Crippen molar-refractivity contribution in [3.8, 4) is 11.5 Å². The second kappa shape index (κ2) is 9.41. The normalized spacial score (nSPS) is 16.5. The number of hydrogen-bond acceptors (Lipinski definition) is 6. The zero-order valence-corrected chi connectivity index (χ0v) is 18.1. The third-order valence-corrected chi connectivity index (χ3v) is 5.30. The lowest BCUT2D eigenvalue weighted by atomic mass is 10.1. The van der Waals surface area contributed by atoms with Crippen molar-refractivity contribution in [1.29, 1.82) is 0 Å². The van der Waals surface area contributed by atoms with Gasteiger partial charge in [0.15, 0.2) is 11.5 Å². The van der Waals surface area contributed by atoms with Crippen LogP contribution in [-0.4, -0.2) is 39.4 Å². The molecule has 1 atom stereocenters. The Kier molecular flexibility index (Phi) is 6.44. The maximum Gasteiger partial charge on any atom is 0.256 e. The number of nitrogens with zero attached hydrogens (tertiary/aromatic N) is 1. The molecule has 1 amide bonds. The standard InChI is InChI=1S/C23H23ClN2O5/c1-28-20-8-6-16(12-21(20)29-2)26-23-18(22(27)25-13-17-4-3-9-30-17)11-14-10-15(24)5-7-19(14)31-23/h5-8,10-12,17H,3-4,9,13H2,1-2H3,(H,25,27)/t17-/m1/s1. The summed E-state index contributed by atoms with van der Waals surface area (Å²) in [5.74, 6) is 0.821. The molecule has 31 heavy (non-hydrogen) atoms. The van der Waals surface area contributed by atoms with Gasteiger partial charge in [-0.3, -0.25) is 4.79 Å². The third kappa shape index (κ3) is 4.84. The molecular weight excluding hydrogens is 420 g/mol. The molecule has 0 aliphatic carbocycles. The molecule has 0 spiro atoms. The van der Waals surface area contributed by atoms with Crippen LogP contribution in [-0.2, 0) is 4.74 Å². The summed E-state index contributed by atoms with van der Waals surface area (Å²) < 4.78 is 22.2. The first-order valence-corrected chi connectivity index (χ1v) is 10.3. The van der Waals surface area contributed by atoms with Gasteiger partial charge in [-0.15, -0.1) is 0 Å². The molecule has 7 nitrogen and oxygen atoms in total. The summed E-state index contributed by atoms with van der Waals surface area (Å²) in [6.07, 6.45) is 1.97. The largest absolute Gasteiger partial charge is 0.493 e. The Morgan fingerprint density at radius 2 is 2.00 bits per heavy atom. The first-order valence-electron chi connectivity index (χ1n) is 9.97. The van der Waals surface area contributed by atoms with Crippen molar-refractivity contribution < 1.29 is 23.4 Å². The lowest BCUT2D eigenvalue weighted by Gasteiger charge is -2.11. The van der Waals surface area contributed by atoms with Gasteiger partial charge in [-0.1, -0.05) is 11.6 Å². The molecule has 4 rings (SSSR count). The Bertz CT molecular complexity index is 1170. The van der Waals surface area contributed by atoms with Gasteiger partial charge in [0.25, 0.3) is 5.91 Å². The van der Waals surface area contributed by atoms with Crippen LogP contribution in [0.3, 0.4) is 0 Å². The molecule has 1 aliphatic heterocycles. The van der Waals surface area contributed by atoms with E-state index in [1.54, 1.807) is 56.7 Å². The van der Waals surface area contributed by atoms with E-state index in [-0.39, 0.29) is 17.6 Å². The molecule has 1 fully saturated rings. The highest BCUT2D eigenvalue weighted by atomic mass is 35.5. The van der Waals surface area contributed by atoms with E-state index in [2.05, 4.69) is 10.3 Å². The quantitative estimate of drug-likeness (QED) is 0.617. The maximum absolute atomic E-state index is 13.0. The number of halogens is 1. The zero-order chi connectivity index (χ0) is 21.8. The number of nitrogens with one attached hydrogen (secondary N) is 1. The number of amides is 1. The van der Waals surface area contributed by atoms with Crippen molar-refractivity contribution >= 4 is 34.2 Å². The Hall–Kier alpha value is -3.03. The van der Waals surface area contributed by atoms with Crippen LogP contribution in [0.15, 0.2) is 51.9 Å². The summed E-state index contributed by atoms with van der Waals surface area (Å²) in [5, 5.41) is 4.19. The fraction of sp³-hybridized carbons (Fsp3) is 0.304. The van der Waals surface area contributed by atoms with Crippen molar-refractivity contribution in [2.45, 2.75) is 18.9 Å². The van der Waals surface area contributed by atoms with Gasteiger partial charge in [0.2, 0.25) is 5.55 Å². The third-order valence-electron chi connectivity index (χ3n) is 5.07. The number of ether oxygens (including phenoxy) is 3.